The van der Waals surface area contributed by atoms with Crippen molar-refractivity contribution in [1.29, 1.82) is 0 Å². The lowest BCUT2D eigenvalue weighted by Gasteiger charge is -1.99. The molecule has 2 N–H and O–H groups in total. The summed E-state index contributed by atoms with van der Waals surface area (Å²) < 4.78 is 0.979. The Morgan fingerprint density at radius 1 is 1.11 bits per heavy atom. The van der Waals surface area contributed by atoms with Crippen LogP contribution in [0.25, 0.3) is 22.9 Å². The van der Waals surface area contributed by atoms with E-state index in [1.54, 1.807) is 6.08 Å². The van der Waals surface area contributed by atoms with Crippen molar-refractivity contribution in [2.45, 2.75) is 0 Å². The highest BCUT2D eigenvalue weighted by Crippen LogP contribution is 2.19. The quantitative estimate of drug-likeness (QED) is 0.689. The number of aliphatic hydroxyl groups is 1. The number of nitrogens with one attached hydrogen (secondary N) is 1. The molecule has 0 bridgehead atoms. The molecule has 0 spiro atoms. The van der Waals surface area contributed by atoms with Crippen LogP contribution in [0.2, 0.25) is 0 Å². The minimum atomic E-state index is 0.187. The minimum absolute atomic E-state index is 0.187. The first-order valence-electron chi connectivity index (χ1n) is 5.84. The molecule has 94 valence electrons. The molecule has 3 nitrogen and oxygen atoms in total. The van der Waals surface area contributed by atoms with Crippen LogP contribution in [0.3, 0.4) is 0 Å². The second-order valence-electron chi connectivity index (χ2n) is 4.18. The van der Waals surface area contributed by atoms with Crippen LogP contribution in [0.1, 0.15) is 11.4 Å². The van der Waals surface area contributed by atoms with Crippen molar-refractivity contribution >= 4 is 38.8 Å². The first-order valence-corrected chi connectivity index (χ1v) is 6.63. The van der Waals surface area contributed by atoms with Crippen LogP contribution in [-0.2, 0) is 0 Å². The van der Waals surface area contributed by atoms with Gasteiger partial charge in [0.05, 0.1) is 11.0 Å². The second-order valence-corrected chi connectivity index (χ2v) is 5.09. The third kappa shape index (κ3) is 2.53. The van der Waals surface area contributed by atoms with Crippen molar-refractivity contribution in [2.75, 3.05) is 0 Å². The van der Waals surface area contributed by atoms with Crippen LogP contribution in [0.5, 0.6) is 0 Å². The lowest BCUT2D eigenvalue weighted by Crippen LogP contribution is -1.84. The summed E-state index contributed by atoms with van der Waals surface area (Å²) in [5, 5.41) is 10.1. The molecule has 2 aromatic carbocycles. The number of aliphatic hydroxyl groups excluding tert-OH is 1. The Balaban J connectivity index is 1.97. The summed E-state index contributed by atoms with van der Waals surface area (Å²) >= 11 is 3.37. The van der Waals surface area contributed by atoms with Crippen LogP contribution in [0.4, 0.5) is 0 Å². The molecule has 0 atom stereocenters. The number of rotatable bonds is 2. The predicted octanol–water partition coefficient (Wildman–Crippen LogP) is 4.38. The molecule has 0 unspecified atom stereocenters. The monoisotopic (exact) mass is 314 g/mol. The summed E-state index contributed by atoms with van der Waals surface area (Å²) in [5.74, 6) is 0.827. The van der Waals surface area contributed by atoms with Crippen LogP contribution in [0, 0.1) is 0 Å². The molecule has 0 radical (unpaired) electrons. The third-order valence-electron chi connectivity index (χ3n) is 2.82. The van der Waals surface area contributed by atoms with E-state index in [4.69, 9.17) is 0 Å². The van der Waals surface area contributed by atoms with Gasteiger partial charge in [-0.15, -0.1) is 0 Å². The maximum Gasteiger partial charge on any atom is 0.134 e. The fourth-order valence-corrected chi connectivity index (χ4v) is 2.14. The van der Waals surface area contributed by atoms with Crippen molar-refractivity contribution in [3.63, 3.8) is 0 Å². The SMILES string of the molecule is OC(=Cc1nc2ccccc2[nH]1)c1ccc(Br)cc1. The highest BCUT2D eigenvalue weighted by molar-refractivity contribution is 9.10. The zero-order chi connectivity index (χ0) is 13.2. The molecule has 0 fully saturated rings. The van der Waals surface area contributed by atoms with Crippen molar-refractivity contribution in [3.8, 4) is 0 Å². The van der Waals surface area contributed by atoms with E-state index in [0.717, 1.165) is 21.1 Å². The standard InChI is InChI=1S/C15H11BrN2O/c16-11-7-5-10(6-8-11)14(19)9-15-17-12-3-1-2-4-13(12)18-15/h1-9,19H,(H,17,18). The Morgan fingerprint density at radius 3 is 2.58 bits per heavy atom. The first-order chi connectivity index (χ1) is 9.22. The maximum absolute atomic E-state index is 10.1. The van der Waals surface area contributed by atoms with Gasteiger partial charge in [0.1, 0.15) is 11.6 Å². The maximum atomic E-state index is 10.1. The molecule has 0 aliphatic rings. The highest BCUT2D eigenvalue weighted by atomic mass is 79.9. The molecule has 3 rings (SSSR count). The summed E-state index contributed by atoms with van der Waals surface area (Å²) in [7, 11) is 0. The van der Waals surface area contributed by atoms with Crippen LogP contribution in [0.15, 0.2) is 53.0 Å². The zero-order valence-corrected chi connectivity index (χ0v) is 11.6. The van der Waals surface area contributed by atoms with Crippen molar-refractivity contribution in [3.05, 3.63) is 64.4 Å². The number of hydrogen-bond donors (Lipinski definition) is 2. The number of H-pyrrole nitrogens is 1. The largest absolute Gasteiger partial charge is 0.507 e. The fourth-order valence-electron chi connectivity index (χ4n) is 1.87. The van der Waals surface area contributed by atoms with Crippen LogP contribution < -0.4 is 0 Å². The van der Waals surface area contributed by atoms with Crippen LogP contribution >= 0.6 is 15.9 Å². The summed E-state index contributed by atoms with van der Waals surface area (Å²) in [4.78, 5) is 7.55. The number of hydrogen-bond acceptors (Lipinski definition) is 2. The Labute approximate surface area is 118 Å². The smallest absolute Gasteiger partial charge is 0.134 e. The topological polar surface area (TPSA) is 48.9 Å². The molecule has 4 heteroatoms. The Bertz CT molecular complexity index is 711. The van der Waals surface area contributed by atoms with Gasteiger partial charge < -0.3 is 10.1 Å². The van der Waals surface area contributed by atoms with Gasteiger partial charge in [0.2, 0.25) is 0 Å². The molecule has 3 aromatic rings. The van der Waals surface area contributed by atoms with Gasteiger partial charge in [0.15, 0.2) is 0 Å². The van der Waals surface area contributed by atoms with E-state index in [0.29, 0.717) is 5.82 Å². The normalized spacial score (nSPS) is 11.9. The third-order valence-corrected chi connectivity index (χ3v) is 3.35. The molecule has 19 heavy (non-hydrogen) atoms. The number of para-hydroxylation sites is 2. The van der Waals surface area contributed by atoms with E-state index in [1.807, 2.05) is 48.5 Å². The van der Waals surface area contributed by atoms with Crippen molar-refractivity contribution < 1.29 is 5.11 Å². The minimum Gasteiger partial charge on any atom is -0.507 e. The number of imidazole rings is 1. The van der Waals surface area contributed by atoms with Gasteiger partial charge in [-0.1, -0.05) is 40.2 Å². The van der Waals surface area contributed by atoms with E-state index < -0.39 is 0 Å². The molecule has 0 saturated carbocycles. The molecule has 0 aliphatic carbocycles. The van der Waals surface area contributed by atoms with Crippen molar-refractivity contribution in [1.82, 2.24) is 9.97 Å². The number of aromatic nitrogens is 2. The van der Waals surface area contributed by atoms with Gasteiger partial charge in [-0.25, -0.2) is 4.98 Å². The Hall–Kier alpha value is -2.07. The van der Waals surface area contributed by atoms with Gasteiger partial charge in [-0.05, 0) is 24.3 Å². The predicted molar refractivity (Wildman–Crippen MR) is 80.7 cm³/mol. The molecule has 0 amide bonds. The number of aromatic amines is 1. The van der Waals surface area contributed by atoms with E-state index in [1.165, 1.54) is 0 Å². The lowest BCUT2D eigenvalue weighted by molar-refractivity contribution is 0.515. The molecule has 0 aliphatic heterocycles. The molecular formula is C15H11BrN2O. The summed E-state index contributed by atoms with van der Waals surface area (Å²) in [6, 6.07) is 15.2. The van der Waals surface area contributed by atoms with E-state index in [2.05, 4.69) is 25.9 Å². The van der Waals surface area contributed by atoms with Crippen molar-refractivity contribution in [2.24, 2.45) is 0 Å². The zero-order valence-electron chi connectivity index (χ0n) is 9.97. The van der Waals surface area contributed by atoms with Gasteiger partial charge in [-0.3, -0.25) is 0 Å². The highest BCUT2D eigenvalue weighted by Gasteiger charge is 2.03. The molecule has 0 saturated heterocycles. The lowest BCUT2D eigenvalue weighted by atomic mass is 10.2. The first kappa shape index (κ1) is 12.0. The van der Waals surface area contributed by atoms with E-state index >= 15 is 0 Å². The summed E-state index contributed by atoms with van der Waals surface area (Å²) in [6.07, 6.45) is 1.63. The second kappa shape index (κ2) is 4.90. The number of halogens is 1. The number of nitrogens with zero attached hydrogens (tertiary/aromatic N) is 1. The molecule has 1 aromatic heterocycles. The van der Waals surface area contributed by atoms with E-state index in [-0.39, 0.29) is 5.76 Å². The Morgan fingerprint density at radius 2 is 1.84 bits per heavy atom. The summed E-state index contributed by atoms with van der Waals surface area (Å²) in [5.41, 5.74) is 2.60. The van der Waals surface area contributed by atoms with Gasteiger partial charge >= 0.3 is 0 Å². The number of fused-ring (bicyclic) bond motifs is 1. The average molecular weight is 315 g/mol. The fraction of sp³-hybridized carbons (Fsp3) is 0. The van der Waals surface area contributed by atoms with Crippen LogP contribution in [-0.4, -0.2) is 15.1 Å². The summed E-state index contributed by atoms with van der Waals surface area (Å²) in [6.45, 7) is 0. The Kier molecular flexibility index (Phi) is 3.09. The van der Waals surface area contributed by atoms with E-state index in [9.17, 15) is 5.11 Å². The average Bonchev–Trinajstić information content (AvgIpc) is 2.81. The van der Waals surface area contributed by atoms with Gasteiger partial charge in [-0.2, -0.15) is 0 Å². The number of benzene rings is 2. The molecule has 1 heterocycles. The van der Waals surface area contributed by atoms with Gasteiger partial charge in [0, 0.05) is 16.1 Å². The molecular weight excluding hydrogens is 304 g/mol. The van der Waals surface area contributed by atoms with Gasteiger partial charge in [0.25, 0.3) is 0 Å².